The molecule has 0 unspecified atom stereocenters. The van der Waals surface area contributed by atoms with Gasteiger partial charge in [0.1, 0.15) is 6.54 Å². The Morgan fingerprint density at radius 1 is 0.824 bits per heavy atom. The maximum Gasteiger partial charge on any atom is 0.414 e. The van der Waals surface area contributed by atoms with E-state index in [9.17, 15) is 19.7 Å². The number of likely N-dealkylation sites (N-methyl/N-ethyl adjacent to an activating group) is 2. The molecule has 4 N–H and O–H groups in total. The smallest absolute Gasteiger partial charge is 0.414 e. The van der Waals surface area contributed by atoms with Crippen LogP contribution < -0.4 is 0 Å². The summed E-state index contributed by atoms with van der Waals surface area (Å²) in [6.07, 6.45) is 0. The molecule has 0 aliphatic heterocycles. The van der Waals surface area contributed by atoms with Gasteiger partial charge in [0.15, 0.2) is 0 Å². The van der Waals surface area contributed by atoms with E-state index in [0.29, 0.717) is 31.7 Å². The predicted molar refractivity (Wildman–Crippen MR) is 124 cm³/mol. The highest BCUT2D eigenvalue weighted by atomic mass is 16.6. The first kappa shape index (κ1) is 32.6. The number of amides is 2. The minimum atomic E-state index is -1.82. The molecule has 2 amide bonds. The van der Waals surface area contributed by atoms with Crippen LogP contribution in [0.3, 0.4) is 0 Å². The predicted octanol–water partition coefficient (Wildman–Crippen LogP) is 0.578. The van der Waals surface area contributed by atoms with Crippen LogP contribution in [0.25, 0.3) is 0 Å². The highest BCUT2D eigenvalue weighted by Crippen LogP contribution is 2.14. The number of hydrogen-bond donors (Lipinski definition) is 2. The largest absolute Gasteiger partial charge is 0.473 e. The Morgan fingerprint density at radius 3 is 1.65 bits per heavy atom. The summed E-state index contributed by atoms with van der Waals surface area (Å²) in [5, 5.41) is 25.6. The van der Waals surface area contributed by atoms with Crippen LogP contribution in [0.1, 0.15) is 38.1 Å². The molecule has 1 rings (SSSR count). The summed E-state index contributed by atoms with van der Waals surface area (Å²) in [6, 6.07) is 5.49. The van der Waals surface area contributed by atoms with Crippen LogP contribution in [0.15, 0.2) is 24.3 Å². The molecule has 1 aromatic rings. The maximum atomic E-state index is 12.9. The Labute approximate surface area is 198 Å². The number of carboxylic acids is 2. The van der Waals surface area contributed by atoms with Crippen molar-refractivity contribution in [2.24, 2.45) is 0 Å². The van der Waals surface area contributed by atoms with E-state index < -0.39 is 16.9 Å². The highest BCUT2D eigenvalue weighted by molar-refractivity contribution is 6.27. The molecule has 0 atom stereocenters. The summed E-state index contributed by atoms with van der Waals surface area (Å²) in [7, 11) is 0. The first-order valence-corrected chi connectivity index (χ1v) is 10.5. The first-order valence-electron chi connectivity index (χ1n) is 10.5. The van der Waals surface area contributed by atoms with Gasteiger partial charge in [-0.15, -0.1) is 0 Å². The summed E-state index contributed by atoms with van der Waals surface area (Å²) in [4.78, 5) is 59.3. The van der Waals surface area contributed by atoms with E-state index in [-0.39, 0.29) is 29.5 Å². The lowest BCUT2D eigenvalue weighted by atomic mass is 10.1. The molecule has 0 fully saturated rings. The van der Waals surface area contributed by atoms with Gasteiger partial charge in [0.05, 0.1) is 4.92 Å². The van der Waals surface area contributed by atoms with Crippen LogP contribution in [-0.4, -0.2) is 105 Å². The van der Waals surface area contributed by atoms with Gasteiger partial charge in [0.25, 0.3) is 11.6 Å². The van der Waals surface area contributed by atoms with Crippen LogP contribution in [0.5, 0.6) is 0 Å². The third kappa shape index (κ3) is 11.3. The van der Waals surface area contributed by atoms with E-state index in [1.165, 1.54) is 29.2 Å². The Morgan fingerprint density at radius 2 is 1.29 bits per heavy atom. The number of hydrogen-bond acceptors (Lipinski definition) is 7. The zero-order valence-electron chi connectivity index (χ0n) is 19.9. The summed E-state index contributed by atoms with van der Waals surface area (Å²) in [5.74, 6) is -4.04. The van der Waals surface area contributed by atoms with Gasteiger partial charge in [-0.1, -0.05) is 13.8 Å². The maximum absolute atomic E-state index is 12.9. The minimum absolute atomic E-state index is 0. The van der Waals surface area contributed by atoms with Crippen molar-refractivity contribution in [3.8, 4) is 0 Å². The zero-order chi connectivity index (χ0) is 25.6. The lowest BCUT2D eigenvalue weighted by Crippen LogP contribution is -2.45. The summed E-state index contributed by atoms with van der Waals surface area (Å²) < 4.78 is 0. The van der Waals surface area contributed by atoms with Crippen molar-refractivity contribution >= 4 is 29.4 Å². The van der Waals surface area contributed by atoms with Crippen molar-refractivity contribution in [2.75, 3.05) is 45.8 Å². The van der Waals surface area contributed by atoms with E-state index in [1.807, 2.05) is 27.7 Å². The molecule has 1 aromatic carbocycles. The van der Waals surface area contributed by atoms with E-state index in [2.05, 4.69) is 4.90 Å². The number of carbonyl (C=O) groups excluding carboxylic acids is 2. The molecule has 0 radical (unpaired) electrons. The molecule has 0 saturated heterocycles. The second kappa shape index (κ2) is 17.0. The molecule has 13 nitrogen and oxygen atoms in total. The van der Waals surface area contributed by atoms with Gasteiger partial charge in [-0.25, -0.2) is 9.59 Å². The van der Waals surface area contributed by atoms with Crippen molar-refractivity contribution < 1.29 is 39.8 Å². The van der Waals surface area contributed by atoms with E-state index in [1.54, 1.807) is 4.90 Å². The number of non-ortho nitro benzene ring substituents is 1. The molecule has 0 aliphatic carbocycles. The normalized spacial score (nSPS) is 9.79. The standard InChI is InChI=1S/C19H30N4O4.C2H2O4.H2O/c1-5-20(6-2)13-14-22(15-18(24)21(7-3)8-4)19(25)16-9-11-17(12-10-16)23(26)27;3-1(4)2(5)6;/h9-12H,5-8,13-15H2,1-4H3;(H,3,4)(H,5,6);1H2. The molecular weight excluding hydrogens is 452 g/mol. The zero-order valence-corrected chi connectivity index (χ0v) is 19.9. The summed E-state index contributed by atoms with van der Waals surface area (Å²) in [5.41, 5.74) is 0.271. The van der Waals surface area contributed by atoms with Gasteiger partial charge < -0.3 is 30.4 Å². The number of benzene rings is 1. The number of carboxylic acid groups (broad SMARTS) is 2. The monoisotopic (exact) mass is 486 g/mol. The summed E-state index contributed by atoms with van der Waals surface area (Å²) >= 11 is 0. The number of nitrogens with zero attached hydrogens (tertiary/aromatic N) is 4. The third-order valence-corrected chi connectivity index (χ3v) is 4.82. The van der Waals surface area contributed by atoms with E-state index in [4.69, 9.17) is 19.8 Å². The van der Waals surface area contributed by atoms with Gasteiger partial charge in [-0.3, -0.25) is 19.7 Å². The van der Waals surface area contributed by atoms with Crippen LogP contribution in [0.4, 0.5) is 5.69 Å². The van der Waals surface area contributed by atoms with Crippen molar-refractivity contribution in [1.82, 2.24) is 14.7 Å². The number of aliphatic carboxylic acids is 2. The Kier molecular flexibility index (Phi) is 16.3. The highest BCUT2D eigenvalue weighted by Gasteiger charge is 2.22. The number of nitro benzene ring substituents is 1. The lowest BCUT2D eigenvalue weighted by Gasteiger charge is -2.28. The molecular formula is C21H34N4O9. The van der Waals surface area contributed by atoms with Gasteiger partial charge in [0.2, 0.25) is 5.91 Å². The Balaban J connectivity index is 0. The molecule has 0 aliphatic rings. The molecule has 0 heterocycles. The molecule has 13 heteroatoms. The summed E-state index contributed by atoms with van der Waals surface area (Å²) in [6.45, 7) is 11.9. The van der Waals surface area contributed by atoms with Crippen molar-refractivity contribution in [3.63, 3.8) is 0 Å². The fourth-order valence-corrected chi connectivity index (χ4v) is 2.80. The Hall–Kier alpha value is -3.58. The molecule has 0 aromatic heterocycles. The molecule has 34 heavy (non-hydrogen) atoms. The van der Waals surface area contributed by atoms with Crippen LogP contribution in [0.2, 0.25) is 0 Å². The average molecular weight is 487 g/mol. The first-order chi connectivity index (χ1) is 15.5. The number of rotatable bonds is 11. The third-order valence-electron chi connectivity index (χ3n) is 4.82. The fraction of sp³-hybridized carbons (Fsp3) is 0.524. The molecule has 0 bridgehead atoms. The quantitative estimate of drug-likeness (QED) is 0.255. The number of carbonyl (C=O) groups is 4. The van der Waals surface area contributed by atoms with Crippen molar-refractivity contribution in [2.45, 2.75) is 27.7 Å². The lowest BCUT2D eigenvalue weighted by molar-refractivity contribution is -0.384. The molecule has 0 spiro atoms. The number of nitro groups is 1. The molecule has 192 valence electrons. The minimum Gasteiger partial charge on any atom is -0.473 e. The van der Waals surface area contributed by atoms with Gasteiger partial charge in [0, 0.05) is 43.9 Å². The SMILES string of the molecule is CCN(CC)CCN(CC(=O)N(CC)CC)C(=O)c1ccc([N+](=O)[O-])cc1.O.O=C(O)C(=O)O. The second-order valence-electron chi connectivity index (χ2n) is 6.73. The van der Waals surface area contributed by atoms with Crippen molar-refractivity contribution in [3.05, 3.63) is 39.9 Å². The van der Waals surface area contributed by atoms with Crippen LogP contribution in [-0.2, 0) is 14.4 Å². The topological polar surface area (TPSA) is 193 Å². The van der Waals surface area contributed by atoms with Gasteiger partial charge >= 0.3 is 11.9 Å². The van der Waals surface area contributed by atoms with Gasteiger partial charge in [-0.05, 0) is 39.1 Å². The second-order valence-corrected chi connectivity index (χ2v) is 6.73. The van der Waals surface area contributed by atoms with E-state index >= 15 is 0 Å². The Bertz CT molecular complexity index is 795. The van der Waals surface area contributed by atoms with Crippen LogP contribution in [0, 0.1) is 10.1 Å². The van der Waals surface area contributed by atoms with Gasteiger partial charge in [-0.2, -0.15) is 0 Å². The van der Waals surface area contributed by atoms with E-state index in [0.717, 1.165) is 13.1 Å². The van der Waals surface area contributed by atoms with Crippen molar-refractivity contribution in [1.29, 1.82) is 0 Å². The van der Waals surface area contributed by atoms with Crippen LogP contribution >= 0.6 is 0 Å². The average Bonchev–Trinajstić information content (AvgIpc) is 2.79. The molecule has 0 saturated carbocycles. The fourth-order valence-electron chi connectivity index (χ4n) is 2.80.